The second-order valence-corrected chi connectivity index (χ2v) is 9.67. The number of aryl methyl sites for hydroxylation is 1. The Morgan fingerprint density at radius 2 is 1.94 bits per heavy atom. The molecule has 0 saturated carbocycles. The molecule has 176 valence electrons. The average Bonchev–Trinajstić information content (AvgIpc) is 3.38. The minimum absolute atomic E-state index is 0.0174. The number of aromatic nitrogens is 2. The van der Waals surface area contributed by atoms with Crippen LogP contribution in [0.4, 0.5) is 5.82 Å². The average molecular weight is 479 g/mol. The fourth-order valence-corrected chi connectivity index (χ4v) is 5.54. The molecule has 1 atom stereocenters. The van der Waals surface area contributed by atoms with Gasteiger partial charge in [-0.25, -0.2) is 0 Å². The van der Waals surface area contributed by atoms with Gasteiger partial charge in [0, 0.05) is 24.2 Å². The molecule has 0 aliphatic carbocycles. The molecule has 34 heavy (non-hydrogen) atoms. The highest BCUT2D eigenvalue weighted by Crippen LogP contribution is 2.49. The van der Waals surface area contributed by atoms with E-state index in [0.29, 0.717) is 17.3 Å². The lowest BCUT2D eigenvalue weighted by Gasteiger charge is -2.22. The molecule has 2 aromatic carbocycles. The van der Waals surface area contributed by atoms with Crippen molar-refractivity contribution >= 4 is 29.4 Å². The maximum atomic E-state index is 13.3. The second-order valence-electron chi connectivity index (χ2n) is 8.58. The Bertz CT molecular complexity index is 1240. The van der Waals surface area contributed by atoms with Gasteiger partial charge in [-0.1, -0.05) is 36.4 Å². The van der Waals surface area contributed by atoms with Crippen molar-refractivity contribution in [2.75, 3.05) is 24.0 Å². The number of carbonyl (C=O) groups excluding carboxylic acids is 2. The van der Waals surface area contributed by atoms with Gasteiger partial charge in [-0.05, 0) is 31.5 Å². The van der Waals surface area contributed by atoms with Crippen LogP contribution in [-0.4, -0.2) is 46.7 Å². The van der Waals surface area contributed by atoms with Crippen LogP contribution in [-0.2, 0) is 16.6 Å². The molecule has 0 fully saturated rings. The number of thioether (sulfide) groups is 1. The molecular weight excluding hydrogens is 452 g/mol. The first-order valence-electron chi connectivity index (χ1n) is 11.2. The van der Waals surface area contributed by atoms with Crippen LogP contribution in [0, 0.1) is 0 Å². The number of fused-ring (bicyclic) bond motifs is 2. The molecule has 1 unspecified atom stereocenters. The molecule has 2 amide bonds. The van der Waals surface area contributed by atoms with Gasteiger partial charge < -0.3 is 14.8 Å². The summed E-state index contributed by atoms with van der Waals surface area (Å²) in [5.74, 6) is 1.93. The quantitative estimate of drug-likeness (QED) is 0.604. The van der Waals surface area contributed by atoms with Crippen molar-refractivity contribution in [1.29, 1.82) is 0 Å². The molecule has 8 nitrogen and oxygen atoms in total. The van der Waals surface area contributed by atoms with E-state index in [1.807, 2.05) is 69.4 Å². The minimum Gasteiger partial charge on any atom is -0.454 e. The van der Waals surface area contributed by atoms with Gasteiger partial charge in [0.25, 0.3) is 0 Å². The predicted octanol–water partition coefficient (Wildman–Crippen LogP) is 3.51. The van der Waals surface area contributed by atoms with Gasteiger partial charge in [0.1, 0.15) is 12.4 Å². The lowest BCUT2D eigenvalue weighted by molar-refractivity contribution is -0.123. The Hall–Kier alpha value is -3.46. The Balaban J connectivity index is 1.66. The summed E-state index contributed by atoms with van der Waals surface area (Å²) in [4.78, 5) is 27.5. The summed E-state index contributed by atoms with van der Waals surface area (Å²) in [6.07, 6.45) is 0. The lowest BCUT2D eigenvalue weighted by Crippen LogP contribution is -2.44. The highest BCUT2D eigenvalue weighted by molar-refractivity contribution is 8.00. The van der Waals surface area contributed by atoms with Gasteiger partial charge >= 0.3 is 0 Å². The molecule has 0 radical (unpaired) electrons. The molecule has 1 N–H and O–H groups in total. The van der Waals surface area contributed by atoms with Crippen molar-refractivity contribution in [2.45, 2.75) is 25.1 Å². The Labute approximate surface area is 202 Å². The molecule has 2 aliphatic heterocycles. The number of hydrogen-bond acceptors (Lipinski definition) is 6. The molecule has 0 spiro atoms. The SMILES string of the molecule is CC(C)NC(=O)CN1C(=O)CSC(c2ccc3c(c2)OCO3)c2c(-c3ccccc3)nn(C)c21. The lowest BCUT2D eigenvalue weighted by atomic mass is 9.99. The monoisotopic (exact) mass is 478 g/mol. The van der Waals surface area contributed by atoms with Crippen LogP contribution in [0.5, 0.6) is 11.5 Å². The van der Waals surface area contributed by atoms with Gasteiger partial charge in [-0.2, -0.15) is 5.10 Å². The summed E-state index contributed by atoms with van der Waals surface area (Å²) in [5.41, 5.74) is 3.63. The highest BCUT2D eigenvalue weighted by atomic mass is 32.2. The number of amides is 2. The van der Waals surface area contributed by atoms with Gasteiger partial charge in [-0.15, -0.1) is 11.8 Å². The molecule has 5 rings (SSSR count). The number of benzene rings is 2. The molecule has 1 aromatic heterocycles. The van der Waals surface area contributed by atoms with Gasteiger partial charge in [0.05, 0.1) is 16.7 Å². The van der Waals surface area contributed by atoms with E-state index in [1.54, 1.807) is 9.58 Å². The van der Waals surface area contributed by atoms with E-state index < -0.39 is 0 Å². The standard InChI is InChI=1S/C25H26N4O4S/c1-15(2)26-20(30)12-29-21(31)13-34-24(17-9-10-18-19(11-17)33-14-32-18)22-23(27-28(3)25(22)29)16-7-5-4-6-8-16/h4-11,15,24H,12-14H2,1-3H3,(H,26,30). The first-order chi connectivity index (χ1) is 16.4. The van der Waals surface area contributed by atoms with Gasteiger partial charge in [0.2, 0.25) is 18.6 Å². The number of hydrogen-bond donors (Lipinski definition) is 1. The first kappa shape index (κ1) is 22.3. The topological polar surface area (TPSA) is 85.7 Å². The van der Waals surface area contributed by atoms with Crippen molar-refractivity contribution in [3.8, 4) is 22.8 Å². The second kappa shape index (κ2) is 9.06. The van der Waals surface area contributed by atoms with Crippen molar-refractivity contribution in [3.05, 3.63) is 59.7 Å². The Kier molecular flexibility index (Phi) is 5.95. The summed E-state index contributed by atoms with van der Waals surface area (Å²) in [6, 6.07) is 15.8. The molecule has 9 heteroatoms. The largest absolute Gasteiger partial charge is 0.454 e. The minimum atomic E-state index is -0.205. The highest BCUT2D eigenvalue weighted by Gasteiger charge is 2.37. The smallest absolute Gasteiger partial charge is 0.240 e. The van der Waals surface area contributed by atoms with Crippen molar-refractivity contribution in [1.82, 2.24) is 15.1 Å². The van der Waals surface area contributed by atoms with Crippen LogP contribution in [0.3, 0.4) is 0 Å². The van der Waals surface area contributed by atoms with Gasteiger partial charge in [-0.3, -0.25) is 19.2 Å². The number of ether oxygens (including phenoxy) is 2. The number of carbonyl (C=O) groups is 2. The third-order valence-corrected chi connectivity index (χ3v) is 7.00. The van der Waals surface area contributed by atoms with Crippen LogP contribution in [0.1, 0.15) is 30.2 Å². The third-order valence-electron chi connectivity index (χ3n) is 5.74. The van der Waals surface area contributed by atoms with E-state index in [2.05, 4.69) is 5.32 Å². The van der Waals surface area contributed by atoms with Crippen LogP contribution < -0.4 is 19.7 Å². The molecule has 0 bridgehead atoms. The van der Waals surface area contributed by atoms with Crippen molar-refractivity contribution < 1.29 is 19.1 Å². The maximum Gasteiger partial charge on any atom is 0.240 e. The first-order valence-corrected chi connectivity index (χ1v) is 12.2. The molecular formula is C25H26N4O4S. The summed E-state index contributed by atoms with van der Waals surface area (Å²) >= 11 is 1.53. The number of rotatable bonds is 5. The van der Waals surface area contributed by atoms with Gasteiger partial charge in [0.15, 0.2) is 11.5 Å². The maximum absolute atomic E-state index is 13.3. The van der Waals surface area contributed by atoms with Crippen LogP contribution in [0.2, 0.25) is 0 Å². The van der Waals surface area contributed by atoms with E-state index in [9.17, 15) is 9.59 Å². The molecule has 3 heterocycles. The Morgan fingerprint density at radius 3 is 2.71 bits per heavy atom. The van der Waals surface area contributed by atoms with E-state index in [0.717, 1.165) is 22.4 Å². The molecule has 2 aliphatic rings. The summed E-state index contributed by atoms with van der Waals surface area (Å²) in [7, 11) is 1.82. The zero-order valence-electron chi connectivity index (χ0n) is 19.3. The summed E-state index contributed by atoms with van der Waals surface area (Å²) in [6.45, 7) is 3.93. The predicted molar refractivity (Wildman–Crippen MR) is 131 cm³/mol. The van der Waals surface area contributed by atoms with Crippen molar-refractivity contribution in [2.24, 2.45) is 7.05 Å². The van der Waals surface area contributed by atoms with E-state index in [4.69, 9.17) is 14.6 Å². The van der Waals surface area contributed by atoms with Crippen LogP contribution in [0.15, 0.2) is 48.5 Å². The fourth-order valence-electron chi connectivity index (χ4n) is 4.35. The Morgan fingerprint density at radius 1 is 1.18 bits per heavy atom. The van der Waals surface area contributed by atoms with E-state index >= 15 is 0 Å². The zero-order valence-corrected chi connectivity index (χ0v) is 20.1. The van der Waals surface area contributed by atoms with E-state index in [-0.39, 0.29) is 42.2 Å². The normalized spacial score (nSPS) is 17.0. The van der Waals surface area contributed by atoms with Crippen molar-refractivity contribution in [3.63, 3.8) is 0 Å². The molecule has 0 saturated heterocycles. The summed E-state index contributed by atoms with van der Waals surface area (Å²) < 4.78 is 12.8. The van der Waals surface area contributed by atoms with Crippen LogP contribution in [0.25, 0.3) is 11.3 Å². The van der Waals surface area contributed by atoms with E-state index in [1.165, 1.54) is 11.8 Å². The zero-order chi connectivity index (χ0) is 23.8. The number of nitrogens with zero attached hydrogens (tertiary/aromatic N) is 3. The number of nitrogens with one attached hydrogen (secondary N) is 1. The summed E-state index contributed by atoms with van der Waals surface area (Å²) in [5, 5.41) is 7.53. The third kappa shape index (κ3) is 4.11. The molecule has 3 aromatic rings. The fraction of sp³-hybridized carbons (Fsp3) is 0.320. The van der Waals surface area contributed by atoms with Crippen LogP contribution >= 0.6 is 11.8 Å². The number of anilines is 1.